The lowest BCUT2D eigenvalue weighted by molar-refractivity contribution is 0.482. The van der Waals surface area contributed by atoms with E-state index >= 15 is 0 Å². The SMILES string of the molecule is Cc1cccc(Oc2ccc(C3=CC=CN4CCSN=C34)cc2)c1. The van der Waals surface area contributed by atoms with Crippen LogP contribution in [0.5, 0.6) is 11.5 Å². The fourth-order valence-corrected chi connectivity index (χ4v) is 3.51. The summed E-state index contributed by atoms with van der Waals surface area (Å²) >= 11 is 1.63. The Bertz CT molecular complexity index is 837. The Morgan fingerprint density at radius 2 is 1.96 bits per heavy atom. The summed E-state index contributed by atoms with van der Waals surface area (Å²) < 4.78 is 10.5. The van der Waals surface area contributed by atoms with Crippen LogP contribution in [0.1, 0.15) is 11.1 Å². The van der Waals surface area contributed by atoms with Gasteiger partial charge in [-0.3, -0.25) is 0 Å². The van der Waals surface area contributed by atoms with Gasteiger partial charge in [-0.2, -0.15) is 4.40 Å². The molecule has 120 valence electrons. The Balaban J connectivity index is 1.56. The second-order valence-electron chi connectivity index (χ2n) is 5.81. The summed E-state index contributed by atoms with van der Waals surface area (Å²) in [5, 5.41) is 0. The van der Waals surface area contributed by atoms with Crippen molar-refractivity contribution in [2.45, 2.75) is 6.92 Å². The molecule has 0 saturated carbocycles. The van der Waals surface area contributed by atoms with Gasteiger partial charge in [0.2, 0.25) is 0 Å². The van der Waals surface area contributed by atoms with Gasteiger partial charge in [-0.25, -0.2) is 0 Å². The molecule has 0 aliphatic carbocycles. The molecule has 0 saturated heterocycles. The van der Waals surface area contributed by atoms with E-state index in [1.54, 1.807) is 11.9 Å². The van der Waals surface area contributed by atoms with Crippen LogP contribution in [0.3, 0.4) is 0 Å². The molecule has 2 heterocycles. The van der Waals surface area contributed by atoms with Crippen LogP contribution in [-0.2, 0) is 0 Å². The molecule has 0 unspecified atom stereocenters. The maximum absolute atomic E-state index is 5.93. The smallest absolute Gasteiger partial charge is 0.148 e. The van der Waals surface area contributed by atoms with E-state index in [9.17, 15) is 0 Å². The zero-order valence-electron chi connectivity index (χ0n) is 13.5. The summed E-state index contributed by atoms with van der Waals surface area (Å²) in [6, 6.07) is 16.3. The molecule has 0 N–H and O–H groups in total. The maximum atomic E-state index is 5.93. The molecule has 2 aliphatic heterocycles. The van der Waals surface area contributed by atoms with Crippen LogP contribution in [0.15, 0.2) is 71.3 Å². The molecule has 2 aliphatic rings. The highest BCUT2D eigenvalue weighted by atomic mass is 32.2. The molecule has 0 atom stereocenters. The number of amidine groups is 1. The Labute approximate surface area is 146 Å². The van der Waals surface area contributed by atoms with Gasteiger partial charge in [0.05, 0.1) is 0 Å². The third-order valence-corrected chi connectivity index (χ3v) is 4.67. The van der Waals surface area contributed by atoms with Gasteiger partial charge in [0.15, 0.2) is 0 Å². The van der Waals surface area contributed by atoms with E-state index in [-0.39, 0.29) is 0 Å². The first-order chi connectivity index (χ1) is 11.8. The predicted molar refractivity (Wildman–Crippen MR) is 101 cm³/mol. The van der Waals surface area contributed by atoms with E-state index < -0.39 is 0 Å². The number of aryl methyl sites for hydroxylation is 1. The third kappa shape index (κ3) is 3.10. The van der Waals surface area contributed by atoms with Crippen molar-refractivity contribution in [3.8, 4) is 11.5 Å². The van der Waals surface area contributed by atoms with E-state index in [0.717, 1.165) is 40.8 Å². The minimum atomic E-state index is 0.841. The van der Waals surface area contributed by atoms with Crippen LogP contribution >= 0.6 is 11.9 Å². The van der Waals surface area contributed by atoms with Crippen molar-refractivity contribution in [1.82, 2.24) is 4.90 Å². The van der Waals surface area contributed by atoms with E-state index in [2.05, 4.69) is 52.8 Å². The zero-order valence-corrected chi connectivity index (χ0v) is 14.3. The fraction of sp³-hybridized carbons (Fsp3) is 0.150. The molecule has 0 radical (unpaired) electrons. The fourth-order valence-electron chi connectivity index (χ4n) is 2.81. The molecule has 2 aromatic rings. The number of rotatable bonds is 3. The highest BCUT2D eigenvalue weighted by Crippen LogP contribution is 2.29. The Kier molecular flexibility index (Phi) is 4.13. The number of allylic oxidation sites excluding steroid dienone is 2. The first-order valence-electron chi connectivity index (χ1n) is 8.00. The van der Waals surface area contributed by atoms with Crippen molar-refractivity contribution in [2.24, 2.45) is 4.40 Å². The monoisotopic (exact) mass is 334 g/mol. The van der Waals surface area contributed by atoms with Gasteiger partial charge in [-0.1, -0.05) is 24.3 Å². The molecule has 0 aromatic heterocycles. The lowest BCUT2D eigenvalue weighted by Gasteiger charge is -2.29. The first kappa shape index (κ1) is 15.1. The van der Waals surface area contributed by atoms with Gasteiger partial charge in [-0.05, 0) is 66.4 Å². The Morgan fingerprint density at radius 3 is 2.79 bits per heavy atom. The van der Waals surface area contributed by atoms with Crippen molar-refractivity contribution in [1.29, 1.82) is 0 Å². The van der Waals surface area contributed by atoms with E-state index in [1.165, 1.54) is 5.56 Å². The predicted octanol–water partition coefficient (Wildman–Crippen LogP) is 5.06. The average Bonchev–Trinajstić information content (AvgIpc) is 2.62. The molecule has 0 fully saturated rings. The number of hydrogen-bond acceptors (Lipinski definition) is 4. The standard InChI is InChI=1S/C20H18N2OS/c1-15-4-2-5-18(14-15)23-17-9-7-16(8-10-17)19-6-3-11-22-12-13-24-21-20(19)22/h2-11,14H,12-13H2,1H3. The number of fused-ring (bicyclic) bond motifs is 1. The number of benzene rings is 2. The van der Waals surface area contributed by atoms with Crippen LogP contribution in [0.2, 0.25) is 0 Å². The molecular weight excluding hydrogens is 316 g/mol. The van der Waals surface area contributed by atoms with Crippen molar-refractivity contribution in [3.63, 3.8) is 0 Å². The van der Waals surface area contributed by atoms with Crippen molar-refractivity contribution in [3.05, 3.63) is 78.0 Å². The molecule has 24 heavy (non-hydrogen) atoms. The summed E-state index contributed by atoms with van der Waals surface area (Å²) in [6.45, 7) is 3.07. The molecule has 0 spiro atoms. The molecule has 3 nitrogen and oxygen atoms in total. The minimum Gasteiger partial charge on any atom is -0.457 e. The van der Waals surface area contributed by atoms with E-state index in [1.807, 2.05) is 30.3 Å². The molecule has 4 rings (SSSR count). The topological polar surface area (TPSA) is 24.8 Å². The number of hydrogen-bond donors (Lipinski definition) is 0. The largest absolute Gasteiger partial charge is 0.457 e. The highest BCUT2D eigenvalue weighted by Gasteiger charge is 2.21. The molecular formula is C20H18N2OS. The number of nitrogens with zero attached hydrogens (tertiary/aromatic N) is 2. The molecule has 0 amide bonds. The van der Waals surface area contributed by atoms with Crippen molar-refractivity contribution >= 4 is 23.4 Å². The lowest BCUT2D eigenvalue weighted by atomic mass is 10.0. The highest BCUT2D eigenvalue weighted by molar-refractivity contribution is 7.98. The zero-order chi connectivity index (χ0) is 16.4. The minimum absolute atomic E-state index is 0.841. The summed E-state index contributed by atoms with van der Waals surface area (Å²) in [4.78, 5) is 2.21. The molecule has 2 aromatic carbocycles. The van der Waals surface area contributed by atoms with E-state index in [0.29, 0.717) is 0 Å². The first-order valence-corrected chi connectivity index (χ1v) is 8.94. The van der Waals surface area contributed by atoms with Gasteiger partial charge in [-0.15, -0.1) is 0 Å². The number of ether oxygens (including phenoxy) is 1. The van der Waals surface area contributed by atoms with Crippen LogP contribution in [-0.4, -0.2) is 23.0 Å². The van der Waals surface area contributed by atoms with Crippen LogP contribution in [0, 0.1) is 6.92 Å². The summed E-state index contributed by atoms with van der Waals surface area (Å²) in [7, 11) is 0. The second kappa shape index (κ2) is 6.57. The van der Waals surface area contributed by atoms with Gasteiger partial charge in [0.1, 0.15) is 17.3 Å². The van der Waals surface area contributed by atoms with Crippen LogP contribution in [0.25, 0.3) is 5.57 Å². The normalized spacial score (nSPS) is 16.3. The maximum Gasteiger partial charge on any atom is 0.148 e. The van der Waals surface area contributed by atoms with Crippen LogP contribution in [0.4, 0.5) is 0 Å². The summed E-state index contributed by atoms with van der Waals surface area (Å²) in [6.07, 6.45) is 6.30. The molecule has 4 heteroatoms. The van der Waals surface area contributed by atoms with Gasteiger partial charge in [0, 0.05) is 24.1 Å². The van der Waals surface area contributed by atoms with Gasteiger partial charge < -0.3 is 9.64 Å². The summed E-state index contributed by atoms with van der Waals surface area (Å²) in [5.74, 6) is 3.78. The van der Waals surface area contributed by atoms with Crippen molar-refractivity contribution in [2.75, 3.05) is 12.3 Å². The Hall–Kier alpha value is -2.46. The second-order valence-corrected chi connectivity index (χ2v) is 6.66. The van der Waals surface area contributed by atoms with Crippen molar-refractivity contribution < 1.29 is 4.74 Å². The average molecular weight is 334 g/mol. The van der Waals surface area contributed by atoms with E-state index in [4.69, 9.17) is 4.74 Å². The van der Waals surface area contributed by atoms with Gasteiger partial charge >= 0.3 is 0 Å². The van der Waals surface area contributed by atoms with Crippen LogP contribution < -0.4 is 4.74 Å². The quantitative estimate of drug-likeness (QED) is 0.733. The third-order valence-electron chi connectivity index (χ3n) is 4.01. The Morgan fingerprint density at radius 1 is 1.08 bits per heavy atom. The molecule has 0 bridgehead atoms. The summed E-state index contributed by atoms with van der Waals surface area (Å²) in [5.41, 5.74) is 3.50. The lowest BCUT2D eigenvalue weighted by Crippen LogP contribution is -2.32. The van der Waals surface area contributed by atoms with Gasteiger partial charge in [0.25, 0.3) is 0 Å².